The van der Waals surface area contributed by atoms with Crippen LogP contribution in [0.1, 0.15) is 18.9 Å². The van der Waals surface area contributed by atoms with Gasteiger partial charge in [0.2, 0.25) is 5.91 Å². The van der Waals surface area contributed by atoms with E-state index in [2.05, 4.69) is 5.32 Å². The molecule has 0 radical (unpaired) electrons. The number of ether oxygens (including phenoxy) is 1. The summed E-state index contributed by atoms with van der Waals surface area (Å²) in [5.41, 5.74) is 6.68. The number of carbonyl (C=O) groups is 1. The van der Waals surface area contributed by atoms with E-state index in [1.54, 1.807) is 7.11 Å². The maximum atomic E-state index is 11.4. The van der Waals surface area contributed by atoms with Crippen molar-refractivity contribution in [2.45, 2.75) is 25.8 Å². The lowest BCUT2D eigenvalue weighted by molar-refractivity contribution is -0.121. The number of hydrogen-bond donors (Lipinski definition) is 2. The Labute approximate surface area is 114 Å². The van der Waals surface area contributed by atoms with Gasteiger partial charge in [0.25, 0.3) is 0 Å². The van der Waals surface area contributed by atoms with Crippen LogP contribution < -0.4 is 15.8 Å². The third-order valence-electron chi connectivity index (χ3n) is 2.38. The molecule has 5 heteroatoms. The average molecular weight is 273 g/mol. The highest BCUT2D eigenvalue weighted by atomic mass is 35.5. The standard InChI is InChI=1S/C13H20N2O2.ClH/c1-10(14)8-13(16)15-7-6-11-4-3-5-12(9-11)17-2;/h3-5,9-10H,6-8,14H2,1-2H3,(H,15,16);1H. The Kier molecular flexibility index (Phi) is 8.16. The van der Waals surface area contributed by atoms with Gasteiger partial charge in [0.1, 0.15) is 5.75 Å². The molecule has 1 rings (SSSR count). The first kappa shape index (κ1) is 16.7. The summed E-state index contributed by atoms with van der Waals surface area (Å²) in [6, 6.07) is 7.74. The van der Waals surface area contributed by atoms with Gasteiger partial charge in [0, 0.05) is 19.0 Å². The van der Waals surface area contributed by atoms with E-state index in [1.165, 1.54) is 0 Å². The Morgan fingerprint density at radius 2 is 2.22 bits per heavy atom. The summed E-state index contributed by atoms with van der Waals surface area (Å²) >= 11 is 0. The Morgan fingerprint density at radius 1 is 1.50 bits per heavy atom. The quantitative estimate of drug-likeness (QED) is 0.825. The van der Waals surface area contributed by atoms with Gasteiger partial charge in [-0.15, -0.1) is 12.4 Å². The number of hydrogen-bond acceptors (Lipinski definition) is 3. The van der Waals surface area contributed by atoms with Crippen molar-refractivity contribution in [3.05, 3.63) is 29.8 Å². The fourth-order valence-electron chi connectivity index (χ4n) is 1.54. The highest BCUT2D eigenvalue weighted by molar-refractivity contribution is 5.85. The van der Waals surface area contributed by atoms with Crippen molar-refractivity contribution in [3.63, 3.8) is 0 Å². The molecular formula is C13H21ClN2O2. The van der Waals surface area contributed by atoms with Crippen LogP contribution in [0.2, 0.25) is 0 Å². The number of methoxy groups -OCH3 is 1. The average Bonchev–Trinajstić information content (AvgIpc) is 2.28. The van der Waals surface area contributed by atoms with E-state index in [4.69, 9.17) is 10.5 Å². The van der Waals surface area contributed by atoms with E-state index in [0.29, 0.717) is 13.0 Å². The summed E-state index contributed by atoms with van der Waals surface area (Å²) in [5.74, 6) is 0.840. The van der Waals surface area contributed by atoms with Gasteiger partial charge < -0.3 is 15.8 Å². The topological polar surface area (TPSA) is 64.3 Å². The molecule has 3 N–H and O–H groups in total. The predicted molar refractivity (Wildman–Crippen MR) is 75.2 cm³/mol. The smallest absolute Gasteiger partial charge is 0.221 e. The minimum Gasteiger partial charge on any atom is -0.497 e. The molecule has 1 aromatic carbocycles. The van der Waals surface area contributed by atoms with Crippen LogP contribution in [0.5, 0.6) is 5.75 Å². The highest BCUT2D eigenvalue weighted by Gasteiger charge is 2.04. The number of amides is 1. The molecule has 102 valence electrons. The Bertz CT molecular complexity index is 370. The zero-order valence-corrected chi connectivity index (χ0v) is 11.6. The fourth-order valence-corrected chi connectivity index (χ4v) is 1.54. The number of halogens is 1. The van der Waals surface area contributed by atoms with E-state index in [1.807, 2.05) is 31.2 Å². The highest BCUT2D eigenvalue weighted by Crippen LogP contribution is 2.12. The second-order valence-corrected chi connectivity index (χ2v) is 4.13. The predicted octanol–water partition coefficient (Wildman–Crippen LogP) is 1.51. The Morgan fingerprint density at radius 3 is 2.83 bits per heavy atom. The van der Waals surface area contributed by atoms with Crippen LogP contribution in [0.3, 0.4) is 0 Å². The molecule has 18 heavy (non-hydrogen) atoms. The second kappa shape index (κ2) is 8.78. The molecule has 0 saturated carbocycles. The van der Waals surface area contributed by atoms with Crippen LogP contribution in [-0.2, 0) is 11.2 Å². The second-order valence-electron chi connectivity index (χ2n) is 4.13. The van der Waals surface area contributed by atoms with Gasteiger partial charge in [-0.1, -0.05) is 12.1 Å². The largest absolute Gasteiger partial charge is 0.497 e. The summed E-state index contributed by atoms with van der Waals surface area (Å²) in [5, 5.41) is 2.84. The van der Waals surface area contributed by atoms with Crippen LogP contribution in [0.15, 0.2) is 24.3 Å². The first-order valence-electron chi connectivity index (χ1n) is 5.77. The zero-order chi connectivity index (χ0) is 12.7. The SMILES string of the molecule is COc1cccc(CCNC(=O)CC(C)N)c1.Cl. The molecule has 4 nitrogen and oxygen atoms in total. The summed E-state index contributed by atoms with van der Waals surface area (Å²) in [6.45, 7) is 2.44. The number of rotatable bonds is 6. The van der Waals surface area contributed by atoms with Crippen LogP contribution in [-0.4, -0.2) is 25.6 Å². The van der Waals surface area contributed by atoms with Crippen LogP contribution in [0, 0.1) is 0 Å². The van der Waals surface area contributed by atoms with Gasteiger partial charge in [-0.3, -0.25) is 4.79 Å². The molecule has 0 aliphatic carbocycles. The number of nitrogens with two attached hydrogens (primary N) is 1. The minimum atomic E-state index is -0.0909. The van der Waals surface area contributed by atoms with Crippen LogP contribution >= 0.6 is 12.4 Å². The Balaban J connectivity index is 0.00000289. The number of nitrogens with one attached hydrogen (secondary N) is 1. The van der Waals surface area contributed by atoms with Crippen molar-refractivity contribution in [2.24, 2.45) is 5.73 Å². The van der Waals surface area contributed by atoms with Crippen LogP contribution in [0.4, 0.5) is 0 Å². The molecule has 1 amide bonds. The lowest BCUT2D eigenvalue weighted by atomic mass is 10.1. The summed E-state index contributed by atoms with van der Waals surface area (Å²) in [7, 11) is 1.64. The number of benzene rings is 1. The number of carbonyl (C=O) groups excluding carboxylic acids is 1. The Hall–Kier alpha value is -1.26. The first-order valence-corrected chi connectivity index (χ1v) is 5.77. The molecule has 0 heterocycles. The first-order chi connectivity index (χ1) is 8.11. The minimum absolute atomic E-state index is 0. The van der Waals surface area contributed by atoms with Crippen molar-refractivity contribution < 1.29 is 9.53 Å². The molecule has 0 aliphatic heterocycles. The molecule has 0 bridgehead atoms. The van der Waals surface area contributed by atoms with E-state index in [9.17, 15) is 4.79 Å². The molecule has 0 saturated heterocycles. The van der Waals surface area contributed by atoms with E-state index >= 15 is 0 Å². The van der Waals surface area contributed by atoms with Gasteiger partial charge in [-0.05, 0) is 31.0 Å². The third kappa shape index (κ3) is 6.47. The monoisotopic (exact) mass is 272 g/mol. The van der Waals surface area contributed by atoms with Crippen molar-refractivity contribution in [1.29, 1.82) is 0 Å². The van der Waals surface area contributed by atoms with Crippen molar-refractivity contribution >= 4 is 18.3 Å². The van der Waals surface area contributed by atoms with Crippen molar-refractivity contribution in [1.82, 2.24) is 5.32 Å². The lowest BCUT2D eigenvalue weighted by Gasteiger charge is -2.08. The van der Waals surface area contributed by atoms with Crippen molar-refractivity contribution in [2.75, 3.05) is 13.7 Å². The van der Waals surface area contributed by atoms with Gasteiger partial charge in [-0.2, -0.15) is 0 Å². The molecule has 0 aliphatic rings. The summed E-state index contributed by atoms with van der Waals surface area (Å²) in [6.07, 6.45) is 1.17. The lowest BCUT2D eigenvalue weighted by Crippen LogP contribution is -2.31. The maximum Gasteiger partial charge on any atom is 0.221 e. The molecule has 0 aromatic heterocycles. The summed E-state index contributed by atoms with van der Waals surface area (Å²) < 4.78 is 5.13. The maximum absolute atomic E-state index is 11.4. The molecular weight excluding hydrogens is 252 g/mol. The third-order valence-corrected chi connectivity index (χ3v) is 2.38. The van der Waals surface area contributed by atoms with Gasteiger partial charge in [0.05, 0.1) is 7.11 Å². The molecule has 1 unspecified atom stereocenters. The van der Waals surface area contributed by atoms with Gasteiger partial charge >= 0.3 is 0 Å². The van der Waals surface area contributed by atoms with E-state index in [-0.39, 0.29) is 24.4 Å². The molecule has 1 aromatic rings. The molecule has 1 atom stereocenters. The fraction of sp³-hybridized carbons (Fsp3) is 0.462. The van der Waals surface area contributed by atoms with E-state index < -0.39 is 0 Å². The van der Waals surface area contributed by atoms with Crippen LogP contribution in [0.25, 0.3) is 0 Å². The summed E-state index contributed by atoms with van der Waals surface area (Å²) in [4.78, 5) is 11.4. The van der Waals surface area contributed by atoms with Gasteiger partial charge in [0.15, 0.2) is 0 Å². The van der Waals surface area contributed by atoms with E-state index in [0.717, 1.165) is 17.7 Å². The molecule has 0 spiro atoms. The zero-order valence-electron chi connectivity index (χ0n) is 10.8. The normalized spacial score (nSPS) is 11.3. The van der Waals surface area contributed by atoms with Crippen molar-refractivity contribution in [3.8, 4) is 5.75 Å². The van der Waals surface area contributed by atoms with Gasteiger partial charge in [-0.25, -0.2) is 0 Å². The molecule has 0 fully saturated rings.